The fourth-order valence-corrected chi connectivity index (χ4v) is 1.78. The van der Waals surface area contributed by atoms with E-state index < -0.39 is 12.0 Å². The van der Waals surface area contributed by atoms with Crippen molar-refractivity contribution in [3.63, 3.8) is 0 Å². The Labute approximate surface area is 108 Å². The highest BCUT2D eigenvalue weighted by molar-refractivity contribution is 5.73. The van der Waals surface area contributed by atoms with Crippen molar-refractivity contribution in [3.8, 4) is 0 Å². The van der Waals surface area contributed by atoms with E-state index in [9.17, 15) is 4.79 Å². The van der Waals surface area contributed by atoms with Gasteiger partial charge in [-0.1, -0.05) is 24.3 Å². The van der Waals surface area contributed by atoms with Gasteiger partial charge in [0.15, 0.2) is 0 Å². The van der Waals surface area contributed by atoms with Crippen molar-refractivity contribution in [1.82, 2.24) is 0 Å². The summed E-state index contributed by atoms with van der Waals surface area (Å²) in [5.41, 5.74) is 7.36. The zero-order valence-corrected chi connectivity index (χ0v) is 11.1. The van der Waals surface area contributed by atoms with Crippen LogP contribution in [0.3, 0.4) is 0 Å². The molecule has 4 nitrogen and oxygen atoms in total. The Morgan fingerprint density at radius 1 is 1.39 bits per heavy atom. The van der Waals surface area contributed by atoms with Crippen molar-refractivity contribution in [3.05, 3.63) is 35.4 Å². The summed E-state index contributed by atoms with van der Waals surface area (Å²) in [5, 5.41) is 8.86. The third-order valence-corrected chi connectivity index (χ3v) is 3.04. The fraction of sp³-hybridized carbons (Fsp3) is 0.500. The van der Waals surface area contributed by atoms with Crippen molar-refractivity contribution in [2.75, 3.05) is 7.11 Å². The third-order valence-electron chi connectivity index (χ3n) is 3.04. The van der Waals surface area contributed by atoms with Crippen LogP contribution in [0.15, 0.2) is 24.3 Å². The topological polar surface area (TPSA) is 72.5 Å². The van der Waals surface area contributed by atoms with Crippen LogP contribution in [0.1, 0.15) is 25.0 Å². The second-order valence-electron chi connectivity index (χ2n) is 5.06. The highest BCUT2D eigenvalue weighted by Crippen LogP contribution is 2.20. The monoisotopic (exact) mass is 251 g/mol. The summed E-state index contributed by atoms with van der Waals surface area (Å²) in [6.07, 6.45) is 1.07. The Hall–Kier alpha value is -1.39. The second-order valence-corrected chi connectivity index (χ2v) is 5.06. The molecule has 1 rings (SSSR count). The van der Waals surface area contributed by atoms with E-state index in [1.54, 1.807) is 7.11 Å². The van der Waals surface area contributed by atoms with Crippen LogP contribution in [-0.4, -0.2) is 29.8 Å². The number of carbonyl (C=O) groups is 1. The normalized spacial score (nSPS) is 13.3. The van der Waals surface area contributed by atoms with Gasteiger partial charge >= 0.3 is 5.97 Å². The van der Waals surface area contributed by atoms with Crippen LogP contribution in [0.5, 0.6) is 0 Å². The largest absolute Gasteiger partial charge is 0.480 e. The number of ether oxygens (including phenoxy) is 1. The first-order valence-electron chi connectivity index (χ1n) is 5.96. The Kier molecular flexibility index (Phi) is 4.87. The van der Waals surface area contributed by atoms with Gasteiger partial charge in [0.25, 0.3) is 0 Å². The molecule has 0 heterocycles. The molecular formula is C14H21NO3. The van der Waals surface area contributed by atoms with Crippen molar-refractivity contribution < 1.29 is 14.6 Å². The quantitative estimate of drug-likeness (QED) is 0.805. The zero-order chi connectivity index (χ0) is 13.8. The van der Waals surface area contributed by atoms with E-state index in [-0.39, 0.29) is 5.60 Å². The lowest BCUT2D eigenvalue weighted by atomic mass is 9.92. The van der Waals surface area contributed by atoms with E-state index in [4.69, 9.17) is 15.6 Å². The highest BCUT2D eigenvalue weighted by atomic mass is 16.5. The lowest BCUT2D eigenvalue weighted by Crippen LogP contribution is -2.33. The lowest BCUT2D eigenvalue weighted by molar-refractivity contribution is -0.138. The Bertz CT molecular complexity index is 415. The molecule has 4 heteroatoms. The molecule has 100 valence electrons. The van der Waals surface area contributed by atoms with Gasteiger partial charge < -0.3 is 15.6 Å². The van der Waals surface area contributed by atoms with E-state index in [2.05, 4.69) is 0 Å². The molecule has 1 unspecified atom stereocenters. The number of benzene rings is 1. The van der Waals surface area contributed by atoms with Gasteiger partial charge in [0.05, 0.1) is 5.60 Å². The number of hydrogen-bond acceptors (Lipinski definition) is 3. The van der Waals surface area contributed by atoms with E-state index in [1.807, 2.05) is 38.1 Å². The average molecular weight is 251 g/mol. The Balaban J connectivity index is 2.89. The maximum Gasteiger partial charge on any atom is 0.320 e. The van der Waals surface area contributed by atoms with Crippen molar-refractivity contribution >= 4 is 5.97 Å². The third kappa shape index (κ3) is 4.13. The SMILES string of the molecule is COC(C)(C)Cc1ccccc1CC(N)C(=O)O. The van der Waals surface area contributed by atoms with Crippen LogP contribution in [0.2, 0.25) is 0 Å². The van der Waals surface area contributed by atoms with Gasteiger partial charge in [0.2, 0.25) is 0 Å². The summed E-state index contributed by atoms with van der Waals surface area (Å²) in [6.45, 7) is 4.00. The van der Waals surface area contributed by atoms with Crippen LogP contribution >= 0.6 is 0 Å². The molecule has 0 spiro atoms. The van der Waals surface area contributed by atoms with Crippen LogP contribution in [-0.2, 0) is 22.4 Å². The number of hydrogen-bond donors (Lipinski definition) is 2. The molecule has 0 aliphatic rings. The molecule has 3 N–H and O–H groups in total. The summed E-state index contributed by atoms with van der Waals surface area (Å²) in [4.78, 5) is 10.8. The molecule has 0 aromatic heterocycles. The smallest absolute Gasteiger partial charge is 0.320 e. The second kappa shape index (κ2) is 5.98. The van der Waals surface area contributed by atoms with Crippen LogP contribution in [0.4, 0.5) is 0 Å². The summed E-state index contributed by atoms with van der Waals surface area (Å²) in [7, 11) is 1.67. The molecule has 0 saturated carbocycles. The van der Waals surface area contributed by atoms with Gasteiger partial charge in [-0.25, -0.2) is 0 Å². The minimum atomic E-state index is -0.976. The molecule has 0 fully saturated rings. The number of carboxylic acids is 1. The van der Waals surface area contributed by atoms with Gasteiger partial charge in [0, 0.05) is 13.5 Å². The van der Waals surface area contributed by atoms with Crippen molar-refractivity contribution in [2.45, 2.75) is 38.3 Å². The van der Waals surface area contributed by atoms with Gasteiger partial charge in [0.1, 0.15) is 6.04 Å². The summed E-state index contributed by atoms with van der Waals surface area (Å²) in [6, 6.07) is 6.88. The predicted octanol–water partition coefficient (Wildman–Crippen LogP) is 1.61. The molecule has 1 aromatic rings. The molecule has 0 amide bonds. The molecule has 0 radical (unpaired) electrons. The van der Waals surface area contributed by atoms with Gasteiger partial charge in [-0.3, -0.25) is 4.79 Å². The van der Waals surface area contributed by atoms with E-state index >= 15 is 0 Å². The van der Waals surface area contributed by atoms with Crippen molar-refractivity contribution in [1.29, 1.82) is 0 Å². The summed E-state index contributed by atoms with van der Waals surface area (Å²) in [5.74, 6) is -0.976. The maximum atomic E-state index is 10.8. The van der Waals surface area contributed by atoms with Crippen LogP contribution < -0.4 is 5.73 Å². The first-order chi connectivity index (χ1) is 8.35. The summed E-state index contributed by atoms with van der Waals surface area (Å²) < 4.78 is 5.40. The highest BCUT2D eigenvalue weighted by Gasteiger charge is 2.20. The number of carboxylic acid groups (broad SMARTS) is 1. The number of nitrogens with two attached hydrogens (primary N) is 1. The zero-order valence-electron chi connectivity index (χ0n) is 11.1. The lowest BCUT2D eigenvalue weighted by Gasteiger charge is -2.24. The minimum absolute atomic E-state index is 0.274. The number of rotatable bonds is 6. The first-order valence-corrected chi connectivity index (χ1v) is 5.96. The molecule has 1 atom stereocenters. The van der Waals surface area contributed by atoms with E-state index in [0.717, 1.165) is 17.5 Å². The van der Waals surface area contributed by atoms with Crippen LogP contribution in [0.25, 0.3) is 0 Å². The Morgan fingerprint density at radius 2 is 1.94 bits per heavy atom. The van der Waals surface area contributed by atoms with Gasteiger partial charge in [-0.2, -0.15) is 0 Å². The maximum absolute atomic E-state index is 10.8. The number of methoxy groups -OCH3 is 1. The average Bonchev–Trinajstić information content (AvgIpc) is 2.31. The van der Waals surface area contributed by atoms with E-state index in [1.165, 1.54) is 0 Å². The molecule has 0 aliphatic carbocycles. The molecule has 0 bridgehead atoms. The van der Waals surface area contributed by atoms with E-state index in [0.29, 0.717) is 6.42 Å². The summed E-state index contributed by atoms with van der Waals surface area (Å²) >= 11 is 0. The molecule has 18 heavy (non-hydrogen) atoms. The van der Waals surface area contributed by atoms with Gasteiger partial charge in [-0.15, -0.1) is 0 Å². The number of aliphatic carboxylic acids is 1. The molecule has 0 saturated heterocycles. The van der Waals surface area contributed by atoms with Crippen molar-refractivity contribution in [2.24, 2.45) is 5.73 Å². The minimum Gasteiger partial charge on any atom is -0.480 e. The first kappa shape index (κ1) is 14.7. The van der Waals surface area contributed by atoms with Crippen LogP contribution in [0, 0.1) is 0 Å². The van der Waals surface area contributed by atoms with Gasteiger partial charge in [-0.05, 0) is 31.4 Å². The molecule has 1 aromatic carbocycles. The predicted molar refractivity (Wildman–Crippen MR) is 70.5 cm³/mol. The molecule has 0 aliphatic heterocycles. The Morgan fingerprint density at radius 3 is 2.44 bits per heavy atom. The molecular weight excluding hydrogens is 230 g/mol. The standard InChI is InChI=1S/C14H21NO3/c1-14(2,18-3)9-11-7-5-4-6-10(11)8-12(15)13(16)17/h4-7,12H,8-9,15H2,1-3H3,(H,16,17). The fourth-order valence-electron chi connectivity index (χ4n) is 1.78.